The van der Waals surface area contributed by atoms with Crippen LogP contribution < -0.4 is 20.1 Å². The number of methoxy groups -OCH3 is 2. The van der Waals surface area contributed by atoms with Crippen molar-refractivity contribution in [3.63, 3.8) is 0 Å². The van der Waals surface area contributed by atoms with E-state index in [9.17, 15) is 0 Å². The number of hydrogen-bond acceptors (Lipinski definition) is 5. The van der Waals surface area contributed by atoms with Crippen LogP contribution in [0, 0.1) is 0 Å². The van der Waals surface area contributed by atoms with Crippen LogP contribution in [-0.2, 0) is 11.2 Å². The highest BCUT2D eigenvalue weighted by molar-refractivity contribution is 5.79. The SMILES string of the molecule is CCNC(=NCC1CN(C)CCO1)NCCc1ccc(OC)c(OC)c1. The van der Waals surface area contributed by atoms with Crippen molar-refractivity contribution in [3.8, 4) is 11.5 Å². The molecule has 0 saturated carbocycles. The van der Waals surface area contributed by atoms with Gasteiger partial charge in [-0.3, -0.25) is 4.99 Å². The maximum Gasteiger partial charge on any atom is 0.191 e. The Morgan fingerprint density at radius 2 is 2.08 bits per heavy atom. The van der Waals surface area contributed by atoms with Crippen LogP contribution in [0.15, 0.2) is 23.2 Å². The molecule has 7 heteroatoms. The van der Waals surface area contributed by atoms with Crippen molar-refractivity contribution in [2.24, 2.45) is 4.99 Å². The third-order valence-electron chi connectivity index (χ3n) is 4.29. The second-order valence-electron chi connectivity index (χ2n) is 6.34. The maximum absolute atomic E-state index is 5.77. The Morgan fingerprint density at radius 1 is 1.27 bits per heavy atom. The Labute approximate surface area is 156 Å². The lowest BCUT2D eigenvalue weighted by Crippen LogP contribution is -2.43. The van der Waals surface area contributed by atoms with Crippen molar-refractivity contribution in [1.82, 2.24) is 15.5 Å². The summed E-state index contributed by atoms with van der Waals surface area (Å²) in [5.74, 6) is 2.32. The molecule has 1 aliphatic rings. The van der Waals surface area contributed by atoms with Gasteiger partial charge in [0.25, 0.3) is 0 Å². The van der Waals surface area contributed by atoms with Crippen LogP contribution >= 0.6 is 0 Å². The predicted octanol–water partition coefficient (Wildman–Crippen LogP) is 1.13. The summed E-state index contributed by atoms with van der Waals surface area (Å²) < 4.78 is 16.4. The van der Waals surface area contributed by atoms with Gasteiger partial charge in [0.15, 0.2) is 17.5 Å². The number of guanidine groups is 1. The van der Waals surface area contributed by atoms with E-state index in [1.54, 1.807) is 14.2 Å². The van der Waals surface area contributed by atoms with Crippen LogP contribution in [0.3, 0.4) is 0 Å². The molecule has 0 spiro atoms. The Morgan fingerprint density at radius 3 is 2.77 bits per heavy atom. The van der Waals surface area contributed by atoms with Gasteiger partial charge in [-0.05, 0) is 38.1 Å². The van der Waals surface area contributed by atoms with E-state index in [2.05, 4.69) is 40.6 Å². The molecule has 26 heavy (non-hydrogen) atoms. The molecule has 1 aliphatic heterocycles. The molecule has 1 aromatic carbocycles. The van der Waals surface area contributed by atoms with Crippen molar-refractivity contribution in [2.75, 3.05) is 60.6 Å². The van der Waals surface area contributed by atoms with Crippen LogP contribution in [-0.4, -0.2) is 77.6 Å². The molecule has 1 atom stereocenters. The average molecular weight is 364 g/mol. The van der Waals surface area contributed by atoms with Crippen LogP contribution in [0.25, 0.3) is 0 Å². The molecule has 1 unspecified atom stereocenters. The number of aliphatic imine (C=N–C) groups is 1. The molecule has 0 aromatic heterocycles. The van der Waals surface area contributed by atoms with E-state index in [0.717, 1.165) is 56.7 Å². The largest absolute Gasteiger partial charge is 0.493 e. The third kappa shape index (κ3) is 6.38. The first kappa shape index (κ1) is 20.3. The Hall–Kier alpha value is -1.99. The molecule has 1 aromatic rings. The maximum atomic E-state index is 5.77. The molecule has 1 saturated heterocycles. The molecular weight excluding hydrogens is 332 g/mol. The molecule has 0 amide bonds. The number of ether oxygens (including phenoxy) is 3. The molecule has 1 heterocycles. The highest BCUT2D eigenvalue weighted by atomic mass is 16.5. The molecule has 2 rings (SSSR count). The van der Waals surface area contributed by atoms with Crippen molar-refractivity contribution in [2.45, 2.75) is 19.4 Å². The number of nitrogens with one attached hydrogen (secondary N) is 2. The van der Waals surface area contributed by atoms with Gasteiger partial charge in [-0.15, -0.1) is 0 Å². The fraction of sp³-hybridized carbons (Fsp3) is 0.632. The lowest BCUT2D eigenvalue weighted by atomic mass is 10.1. The van der Waals surface area contributed by atoms with Crippen molar-refractivity contribution in [3.05, 3.63) is 23.8 Å². The van der Waals surface area contributed by atoms with Crippen LogP contribution in [0.5, 0.6) is 11.5 Å². The number of nitrogens with zero attached hydrogens (tertiary/aromatic N) is 2. The predicted molar refractivity (Wildman–Crippen MR) is 104 cm³/mol. The Bertz CT molecular complexity index is 580. The first-order valence-corrected chi connectivity index (χ1v) is 9.19. The Kier molecular flexibility index (Phi) is 8.50. The smallest absolute Gasteiger partial charge is 0.191 e. The summed E-state index contributed by atoms with van der Waals surface area (Å²) in [6, 6.07) is 6.00. The number of rotatable bonds is 8. The van der Waals surface area contributed by atoms with E-state index in [-0.39, 0.29) is 6.10 Å². The minimum Gasteiger partial charge on any atom is -0.493 e. The van der Waals surface area contributed by atoms with Crippen molar-refractivity contribution in [1.29, 1.82) is 0 Å². The number of morpholine rings is 1. The zero-order valence-corrected chi connectivity index (χ0v) is 16.4. The Balaban J connectivity index is 1.84. The summed E-state index contributed by atoms with van der Waals surface area (Å²) >= 11 is 0. The van der Waals surface area contributed by atoms with E-state index < -0.39 is 0 Å². The van der Waals surface area contributed by atoms with Gasteiger partial charge in [0.2, 0.25) is 0 Å². The summed E-state index contributed by atoms with van der Waals surface area (Å²) in [5.41, 5.74) is 1.18. The fourth-order valence-corrected chi connectivity index (χ4v) is 2.87. The van der Waals surface area contributed by atoms with E-state index in [0.29, 0.717) is 6.54 Å². The summed E-state index contributed by atoms with van der Waals surface area (Å²) in [4.78, 5) is 6.94. The second-order valence-corrected chi connectivity index (χ2v) is 6.34. The monoisotopic (exact) mass is 364 g/mol. The first-order chi connectivity index (χ1) is 12.7. The molecule has 1 fully saturated rings. The van der Waals surface area contributed by atoms with Crippen molar-refractivity contribution >= 4 is 5.96 Å². The number of benzene rings is 1. The average Bonchev–Trinajstić information content (AvgIpc) is 2.66. The topological polar surface area (TPSA) is 67.4 Å². The molecule has 7 nitrogen and oxygen atoms in total. The first-order valence-electron chi connectivity index (χ1n) is 9.19. The summed E-state index contributed by atoms with van der Waals surface area (Å²) in [6.07, 6.45) is 1.03. The molecule has 0 aliphatic carbocycles. The van der Waals surface area contributed by atoms with E-state index >= 15 is 0 Å². The van der Waals surface area contributed by atoms with Gasteiger partial charge in [-0.25, -0.2) is 0 Å². The van der Waals surface area contributed by atoms with E-state index in [1.807, 2.05) is 12.1 Å². The van der Waals surface area contributed by atoms with Crippen LogP contribution in [0.1, 0.15) is 12.5 Å². The van der Waals surface area contributed by atoms with Gasteiger partial charge >= 0.3 is 0 Å². The zero-order valence-electron chi connectivity index (χ0n) is 16.4. The highest BCUT2D eigenvalue weighted by Crippen LogP contribution is 2.27. The minimum absolute atomic E-state index is 0.162. The highest BCUT2D eigenvalue weighted by Gasteiger charge is 2.17. The second kappa shape index (κ2) is 10.9. The standard InChI is InChI=1S/C19H32N4O3/c1-5-20-19(22-13-16-14-23(2)10-11-26-16)21-9-8-15-6-7-17(24-3)18(12-15)25-4/h6-7,12,16H,5,8-11,13-14H2,1-4H3,(H2,20,21,22). The van der Waals surface area contributed by atoms with Crippen molar-refractivity contribution < 1.29 is 14.2 Å². The van der Waals surface area contributed by atoms with Crippen LogP contribution in [0.2, 0.25) is 0 Å². The number of likely N-dealkylation sites (N-methyl/N-ethyl adjacent to an activating group) is 1. The van der Waals surface area contributed by atoms with Gasteiger partial charge < -0.3 is 29.7 Å². The molecule has 2 N–H and O–H groups in total. The third-order valence-corrected chi connectivity index (χ3v) is 4.29. The fourth-order valence-electron chi connectivity index (χ4n) is 2.87. The lowest BCUT2D eigenvalue weighted by Gasteiger charge is -2.29. The summed E-state index contributed by atoms with van der Waals surface area (Å²) in [7, 11) is 5.42. The lowest BCUT2D eigenvalue weighted by molar-refractivity contribution is -0.0136. The summed E-state index contributed by atoms with van der Waals surface area (Å²) in [6.45, 7) is 7.03. The zero-order chi connectivity index (χ0) is 18.8. The van der Waals surface area contributed by atoms with Gasteiger partial charge in [0.05, 0.1) is 33.5 Å². The quantitative estimate of drug-likeness (QED) is 0.533. The molecule has 0 bridgehead atoms. The molecular formula is C19H32N4O3. The molecule has 0 radical (unpaired) electrons. The molecule has 146 valence electrons. The van der Waals surface area contributed by atoms with Gasteiger partial charge in [0.1, 0.15) is 0 Å². The van der Waals surface area contributed by atoms with Gasteiger partial charge in [-0.2, -0.15) is 0 Å². The summed E-state index contributed by atoms with van der Waals surface area (Å²) in [5, 5.41) is 6.67. The van der Waals surface area contributed by atoms with Gasteiger partial charge in [-0.1, -0.05) is 6.07 Å². The van der Waals surface area contributed by atoms with E-state index in [1.165, 1.54) is 5.56 Å². The van der Waals surface area contributed by atoms with E-state index in [4.69, 9.17) is 14.2 Å². The number of hydrogen-bond donors (Lipinski definition) is 2. The van der Waals surface area contributed by atoms with Gasteiger partial charge in [0, 0.05) is 26.2 Å². The minimum atomic E-state index is 0.162. The van der Waals surface area contributed by atoms with Crippen LogP contribution in [0.4, 0.5) is 0 Å². The normalized spacial score (nSPS) is 18.5.